The zero-order chi connectivity index (χ0) is 17.3. The predicted molar refractivity (Wildman–Crippen MR) is 99.1 cm³/mol. The highest BCUT2D eigenvalue weighted by Gasteiger charge is 2.42. The highest BCUT2D eigenvalue weighted by molar-refractivity contribution is 6.30. The fourth-order valence-corrected chi connectivity index (χ4v) is 4.03. The Labute approximate surface area is 152 Å². The second-order valence-corrected chi connectivity index (χ2v) is 7.29. The SMILES string of the molecule is O=C(OCc1ccccc1)N1CCC2(CC1)CNc1cc(Cl)ccc12. The molecule has 1 fully saturated rings. The number of likely N-dealkylation sites (tertiary alicyclic amines) is 1. The molecule has 0 atom stereocenters. The molecule has 0 aromatic heterocycles. The first kappa shape index (κ1) is 16.3. The third-order valence-corrected chi connectivity index (χ3v) is 5.59. The summed E-state index contributed by atoms with van der Waals surface area (Å²) >= 11 is 6.09. The van der Waals surface area contributed by atoms with E-state index in [1.807, 2.05) is 47.4 Å². The van der Waals surface area contributed by atoms with Crippen molar-refractivity contribution in [3.05, 3.63) is 64.7 Å². The van der Waals surface area contributed by atoms with Gasteiger partial charge in [0.1, 0.15) is 6.61 Å². The van der Waals surface area contributed by atoms with E-state index in [9.17, 15) is 4.79 Å². The number of halogens is 1. The summed E-state index contributed by atoms with van der Waals surface area (Å²) in [6.07, 6.45) is 1.66. The van der Waals surface area contributed by atoms with Gasteiger partial charge >= 0.3 is 6.09 Å². The molecule has 0 aliphatic carbocycles. The average Bonchev–Trinajstić information content (AvgIpc) is 2.98. The topological polar surface area (TPSA) is 41.6 Å². The maximum absolute atomic E-state index is 12.3. The largest absolute Gasteiger partial charge is 0.445 e. The van der Waals surface area contributed by atoms with Crippen LogP contribution in [0.3, 0.4) is 0 Å². The molecule has 1 amide bonds. The third-order valence-electron chi connectivity index (χ3n) is 5.35. The summed E-state index contributed by atoms with van der Waals surface area (Å²) in [7, 11) is 0. The minimum atomic E-state index is -0.221. The normalized spacial score (nSPS) is 17.9. The van der Waals surface area contributed by atoms with Crippen LogP contribution in [0.4, 0.5) is 10.5 Å². The number of piperidine rings is 1. The first-order chi connectivity index (χ1) is 12.2. The van der Waals surface area contributed by atoms with Crippen LogP contribution in [-0.4, -0.2) is 30.6 Å². The van der Waals surface area contributed by atoms with Crippen LogP contribution < -0.4 is 5.32 Å². The van der Waals surface area contributed by atoms with E-state index in [2.05, 4.69) is 11.4 Å². The van der Waals surface area contributed by atoms with Gasteiger partial charge in [-0.15, -0.1) is 0 Å². The lowest BCUT2D eigenvalue weighted by molar-refractivity contribution is 0.0794. The monoisotopic (exact) mass is 356 g/mol. The van der Waals surface area contributed by atoms with Crippen LogP contribution in [0.1, 0.15) is 24.0 Å². The second kappa shape index (κ2) is 6.60. The van der Waals surface area contributed by atoms with Gasteiger partial charge in [-0.3, -0.25) is 0 Å². The minimum Gasteiger partial charge on any atom is -0.445 e. The van der Waals surface area contributed by atoms with Crippen LogP contribution in [0.25, 0.3) is 0 Å². The number of amides is 1. The third kappa shape index (κ3) is 3.19. The zero-order valence-corrected chi connectivity index (χ0v) is 14.8. The first-order valence-corrected chi connectivity index (χ1v) is 9.04. The van der Waals surface area contributed by atoms with Crippen molar-refractivity contribution >= 4 is 23.4 Å². The van der Waals surface area contributed by atoms with Crippen LogP contribution >= 0.6 is 11.6 Å². The number of anilines is 1. The Morgan fingerprint density at radius 2 is 1.92 bits per heavy atom. The van der Waals surface area contributed by atoms with Gasteiger partial charge < -0.3 is 15.0 Å². The van der Waals surface area contributed by atoms with Gasteiger partial charge in [0.05, 0.1) is 0 Å². The van der Waals surface area contributed by atoms with Crippen molar-refractivity contribution in [2.24, 2.45) is 0 Å². The molecule has 1 saturated heterocycles. The van der Waals surface area contributed by atoms with E-state index >= 15 is 0 Å². The summed E-state index contributed by atoms with van der Waals surface area (Å²) in [6.45, 7) is 2.68. The molecule has 1 N–H and O–H groups in total. The number of hydrogen-bond donors (Lipinski definition) is 1. The summed E-state index contributed by atoms with van der Waals surface area (Å²) in [5.41, 5.74) is 3.58. The van der Waals surface area contributed by atoms with Gasteiger partial charge in [-0.1, -0.05) is 48.0 Å². The van der Waals surface area contributed by atoms with E-state index in [-0.39, 0.29) is 11.5 Å². The van der Waals surface area contributed by atoms with Gasteiger partial charge in [-0.05, 0) is 36.1 Å². The molecular formula is C20H21ClN2O2. The Bertz CT molecular complexity index is 771. The molecule has 2 aromatic carbocycles. The molecule has 0 unspecified atom stereocenters. The lowest BCUT2D eigenvalue weighted by Gasteiger charge is -2.38. The summed E-state index contributed by atoms with van der Waals surface area (Å²) in [4.78, 5) is 14.2. The molecule has 2 aliphatic rings. The Kier molecular flexibility index (Phi) is 4.30. The summed E-state index contributed by atoms with van der Waals surface area (Å²) in [5, 5.41) is 4.23. The van der Waals surface area contributed by atoms with Gasteiger partial charge in [-0.2, -0.15) is 0 Å². The maximum Gasteiger partial charge on any atom is 0.410 e. The fraction of sp³-hybridized carbons (Fsp3) is 0.350. The van der Waals surface area contributed by atoms with E-state index in [1.165, 1.54) is 5.56 Å². The van der Waals surface area contributed by atoms with Crippen LogP contribution in [0.2, 0.25) is 5.02 Å². The number of nitrogens with one attached hydrogen (secondary N) is 1. The number of benzene rings is 2. The van der Waals surface area contributed by atoms with E-state index in [0.717, 1.165) is 48.7 Å². The highest BCUT2D eigenvalue weighted by atomic mass is 35.5. The molecule has 0 saturated carbocycles. The molecule has 2 aromatic rings. The zero-order valence-electron chi connectivity index (χ0n) is 14.0. The van der Waals surface area contributed by atoms with E-state index in [0.29, 0.717) is 6.61 Å². The van der Waals surface area contributed by atoms with Gasteiger partial charge in [0.2, 0.25) is 0 Å². The molecule has 2 heterocycles. The molecule has 0 bridgehead atoms. The van der Waals surface area contributed by atoms with E-state index in [1.54, 1.807) is 0 Å². The molecule has 4 rings (SSSR count). The number of ether oxygens (including phenoxy) is 1. The molecule has 5 heteroatoms. The van der Waals surface area contributed by atoms with Crippen LogP contribution in [-0.2, 0) is 16.8 Å². The minimum absolute atomic E-state index is 0.107. The van der Waals surface area contributed by atoms with Crippen LogP contribution in [0.5, 0.6) is 0 Å². The Balaban J connectivity index is 1.37. The van der Waals surface area contributed by atoms with Crippen molar-refractivity contribution < 1.29 is 9.53 Å². The van der Waals surface area contributed by atoms with Crippen LogP contribution in [0.15, 0.2) is 48.5 Å². The summed E-state index contributed by atoms with van der Waals surface area (Å²) < 4.78 is 5.46. The van der Waals surface area contributed by atoms with Crippen molar-refractivity contribution in [2.75, 3.05) is 25.0 Å². The van der Waals surface area contributed by atoms with Crippen molar-refractivity contribution in [3.63, 3.8) is 0 Å². The molecule has 130 valence electrons. The second-order valence-electron chi connectivity index (χ2n) is 6.85. The van der Waals surface area contributed by atoms with Gasteiger partial charge in [0, 0.05) is 35.8 Å². The molecule has 2 aliphatic heterocycles. The van der Waals surface area contributed by atoms with Gasteiger partial charge in [-0.25, -0.2) is 4.79 Å². The Hall–Kier alpha value is -2.20. The van der Waals surface area contributed by atoms with Crippen LogP contribution in [0, 0.1) is 0 Å². The number of nitrogens with zero attached hydrogens (tertiary/aromatic N) is 1. The molecular weight excluding hydrogens is 336 g/mol. The highest BCUT2D eigenvalue weighted by Crippen LogP contribution is 2.44. The van der Waals surface area contributed by atoms with Crippen molar-refractivity contribution in [3.8, 4) is 0 Å². The number of carbonyl (C=O) groups excluding carboxylic acids is 1. The Morgan fingerprint density at radius 1 is 1.16 bits per heavy atom. The molecule has 25 heavy (non-hydrogen) atoms. The number of hydrogen-bond acceptors (Lipinski definition) is 3. The van der Waals surface area contributed by atoms with Crippen molar-refractivity contribution in [2.45, 2.75) is 24.9 Å². The van der Waals surface area contributed by atoms with E-state index < -0.39 is 0 Å². The summed E-state index contributed by atoms with van der Waals surface area (Å²) in [6, 6.07) is 15.9. The predicted octanol–water partition coefficient (Wildman–Crippen LogP) is 4.44. The maximum atomic E-state index is 12.3. The average molecular weight is 357 g/mol. The standard InChI is InChI=1S/C20H21ClN2O2/c21-16-6-7-17-18(12-16)22-14-20(17)8-10-23(11-9-20)19(24)25-13-15-4-2-1-3-5-15/h1-7,12,22H,8-11,13-14H2. The lowest BCUT2D eigenvalue weighted by atomic mass is 9.74. The first-order valence-electron chi connectivity index (χ1n) is 8.66. The lowest BCUT2D eigenvalue weighted by Crippen LogP contribution is -2.46. The van der Waals surface area contributed by atoms with Gasteiger partial charge in [0.25, 0.3) is 0 Å². The quantitative estimate of drug-likeness (QED) is 0.865. The van der Waals surface area contributed by atoms with E-state index in [4.69, 9.17) is 16.3 Å². The van der Waals surface area contributed by atoms with Crippen molar-refractivity contribution in [1.29, 1.82) is 0 Å². The summed E-state index contributed by atoms with van der Waals surface area (Å²) in [5.74, 6) is 0. The number of carbonyl (C=O) groups is 1. The Morgan fingerprint density at radius 3 is 2.68 bits per heavy atom. The molecule has 0 radical (unpaired) electrons. The van der Waals surface area contributed by atoms with Gasteiger partial charge in [0.15, 0.2) is 0 Å². The fourth-order valence-electron chi connectivity index (χ4n) is 3.86. The number of rotatable bonds is 2. The molecule has 1 spiro atoms. The van der Waals surface area contributed by atoms with Crippen molar-refractivity contribution in [1.82, 2.24) is 4.90 Å². The molecule has 4 nitrogen and oxygen atoms in total. The smallest absolute Gasteiger partial charge is 0.410 e. The number of fused-ring (bicyclic) bond motifs is 2.